The van der Waals surface area contributed by atoms with E-state index in [0.29, 0.717) is 5.69 Å². The third-order valence-corrected chi connectivity index (χ3v) is 3.88. The highest BCUT2D eigenvalue weighted by atomic mass is 35.5. The Kier molecular flexibility index (Phi) is 4.41. The van der Waals surface area contributed by atoms with E-state index in [1.54, 1.807) is 27.7 Å². The molecular formula is C13H18ClN3O3. The lowest BCUT2D eigenvalue weighted by Crippen LogP contribution is -2.53. The highest BCUT2D eigenvalue weighted by Gasteiger charge is 2.40. The van der Waals surface area contributed by atoms with E-state index in [-0.39, 0.29) is 16.6 Å². The Morgan fingerprint density at radius 2 is 1.90 bits per heavy atom. The van der Waals surface area contributed by atoms with Crippen molar-refractivity contribution in [3.63, 3.8) is 0 Å². The van der Waals surface area contributed by atoms with Crippen molar-refractivity contribution in [3.05, 3.63) is 33.3 Å². The summed E-state index contributed by atoms with van der Waals surface area (Å²) < 4.78 is 0. The molecule has 1 rings (SSSR count). The number of nitrogens with zero attached hydrogens (tertiary/aromatic N) is 1. The molecule has 0 saturated heterocycles. The minimum atomic E-state index is -0.818. The van der Waals surface area contributed by atoms with Crippen LogP contribution in [0.4, 0.5) is 11.4 Å². The number of anilines is 1. The van der Waals surface area contributed by atoms with Gasteiger partial charge in [-0.2, -0.15) is 0 Å². The summed E-state index contributed by atoms with van der Waals surface area (Å²) in [6.45, 7) is 6.98. The third-order valence-electron chi connectivity index (χ3n) is 3.58. The van der Waals surface area contributed by atoms with E-state index in [9.17, 15) is 14.9 Å². The Bertz CT molecular complexity index is 550. The first kappa shape index (κ1) is 16.4. The van der Waals surface area contributed by atoms with E-state index < -0.39 is 15.9 Å². The summed E-state index contributed by atoms with van der Waals surface area (Å²) in [6, 6.07) is 4.03. The van der Waals surface area contributed by atoms with Crippen molar-refractivity contribution in [1.29, 1.82) is 0 Å². The maximum atomic E-state index is 12.2. The number of hydrogen-bond donors (Lipinski definition) is 2. The van der Waals surface area contributed by atoms with E-state index in [4.69, 9.17) is 17.3 Å². The molecule has 7 heteroatoms. The van der Waals surface area contributed by atoms with Crippen molar-refractivity contribution < 1.29 is 9.72 Å². The number of benzene rings is 1. The molecule has 1 aromatic carbocycles. The van der Waals surface area contributed by atoms with Gasteiger partial charge in [0.15, 0.2) is 0 Å². The molecule has 20 heavy (non-hydrogen) atoms. The minimum Gasteiger partial charge on any atom is -0.326 e. The monoisotopic (exact) mass is 299 g/mol. The topological polar surface area (TPSA) is 98.3 Å². The van der Waals surface area contributed by atoms with Crippen LogP contribution in [0.3, 0.4) is 0 Å². The van der Waals surface area contributed by atoms with Crippen LogP contribution in [0, 0.1) is 15.5 Å². The summed E-state index contributed by atoms with van der Waals surface area (Å²) in [5.41, 5.74) is 4.63. The zero-order chi connectivity index (χ0) is 15.7. The largest absolute Gasteiger partial charge is 0.326 e. The molecule has 0 aliphatic heterocycles. The fourth-order valence-corrected chi connectivity index (χ4v) is 1.56. The van der Waals surface area contributed by atoms with Crippen molar-refractivity contribution in [2.75, 3.05) is 5.32 Å². The summed E-state index contributed by atoms with van der Waals surface area (Å²) in [5.74, 6) is -0.282. The standard InChI is InChI=1S/C13H18ClN3O3/c1-12(2,13(3,4)15)11(18)16-8-5-6-10(17(19)20)9(14)7-8/h5-7H,15H2,1-4H3,(H,16,18). The van der Waals surface area contributed by atoms with Crippen LogP contribution in [0.25, 0.3) is 0 Å². The Hall–Kier alpha value is -1.66. The average Bonchev–Trinajstić information content (AvgIpc) is 2.26. The van der Waals surface area contributed by atoms with E-state index >= 15 is 0 Å². The van der Waals surface area contributed by atoms with Gasteiger partial charge in [0.2, 0.25) is 5.91 Å². The molecule has 0 spiro atoms. The average molecular weight is 300 g/mol. The van der Waals surface area contributed by atoms with Crippen molar-refractivity contribution >= 4 is 28.9 Å². The predicted octanol–water partition coefficient (Wildman–Crippen LogP) is 2.95. The summed E-state index contributed by atoms with van der Waals surface area (Å²) in [6.07, 6.45) is 0. The van der Waals surface area contributed by atoms with Gasteiger partial charge in [0, 0.05) is 17.3 Å². The molecule has 0 heterocycles. The fraction of sp³-hybridized carbons (Fsp3) is 0.462. The summed E-state index contributed by atoms with van der Waals surface area (Å²) >= 11 is 5.79. The molecule has 1 aromatic rings. The minimum absolute atomic E-state index is 0.0300. The van der Waals surface area contributed by atoms with Crippen LogP contribution >= 0.6 is 11.6 Å². The fourth-order valence-electron chi connectivity index (χ4n) is 1.31. The number of nitrogens with two attached hydrogens (primary N) is 1. The number of hydrogen-bond acceptors (Lipinski definition) is 4. The van der Waals surface area contributed by atoms with Gasteiger partial charge in [-0.1, -0.05) is 11.6 Å². The van der Waals surface area contributed by atoms with Gasteiger partial charge < -0.3 is 11.1 Å². The zero-order valence-electron chi connectivity index (χ0n) is 11.9. The molecular weight excluding hydrogens is 282 g/mol. The number of rotatable bonds is 4. The lowest BCUT2D eigenvalue weighted by molar-refractivity contribution is -0.384. The molecule has 0 aliphatic rings. The number of nitro groups is 1. The molecule has 1 amide bonds. The highest BCUT2D eigenvalue weighted by molar-refractivity contribution is 6.33. The van der Waals surface area contributed by atoms with Crippen molar-refractivity contribution in [2.24, 2.45) is 11.1 Å². The van der Waals surface area contributed by atoms with E-state index in [1.807, 2.05) is 0 Å². The molecule has 0 radical (unpaired) electrons. The molecule has 0 bridgehead atoms. The van der Waals surface area contributed by atoms with Gasteiger partial charge in [-0.25, -0.2) is 0 Å². The predicted molar refractivity (Wildman–Crippen MR) is 78.8 cm³/mol. The van der Waals surface area contributed by atoms with Crippen LogP contribution in [-0.2, 0) is 4.79 Å². The number of halogens is 1. The van der Waals surface area contributed by atoms with Crippen molar-refractivity contribution in [3.8, 4) is 0 Å². The van der Waals surface area contributed by atoms with E-state index in [2.05, 4.69) is 5.32 Å². The van der Waals surface area contributed by atoms with Gasteiger partial charge in [0.05, 0.1) is 10.3 Å². The molecule has 110 valence electrons. The number of nitrogens with one attached hydrogen (secondary N) is 1. The molecule has 0 saturated carbocycles. The van der Waals surface area contributed by atoms with Gasteiger partial charge >= 0.3 is 0 Å². The molecule has 6 nitrogen and oxygen atoms in total. The first-order chi connectivity index (χ1) is 8.96. The van der Waals surface area contributed by atoms with Crippen LogP contribution < -0.4 is 11.1 Å². The number of nitro benzene ring substituents is 1. The van der Waals surface area contributed by atoms with Crippen LogP contribution in [0.1, 0.15) is 27.7 Å². The second-order valence-electron chi connectivity index (χ2n) is 5.72. The van der Waals surface area contributed by atoms with Gasteiger partial charge in [-0.15, -0.1) is 0 Å². The van der Waals surface area contributed by atoms with Crippen LogP contribution in [0.15, 0.2) is 18.2 Å². The second-order valence-corrected chi connectivity index (χ2v) is 6.13. The summed E-state index contributed by atoms with van der Waals surface area (Å²) in [7, 11) is 0. The maximum Gasteiger partial charge on any atom is 0.288 e. The van der Waals surface area contributed by atoms with Crippen LogP contribution in [-0.4, -0.2) is 16.4 Å². The number of amides is 1. The lowest BCUT2D eigenvalue weighted by Gasteiger charge is -2.36. The summed E-state index contributed by atoms with van der Waals surface area (Å²) in [4.78, 5) is 22.3. The van der Waals surface area contributed by atoms with Crippen molar-refractivity contribution in [1.82, 2.24) is 0 Å². The zero-order valence-corrected chi connectivity index (χ0v) is 12.6. The van der Waals surface area contributed by atoms with E-state index in [1.165, 1.54) is 18.2 Å². The Morgan fingerprint density at radius 3 is 2.30 bits per heavy atom. The molecule has 0 aromatic heterocycles. The van der Waals surface area contributed by atoms with Crippen molar-refractivity contribution in [2.45, 2.75) is 33.2 Å². The van der Waals surface area contributed by atoms with Gasteiger partial charge in [-0.05, 0) is 39.8 Å². The van der Waals surface area contributed by atoms with Crippen LogP contribution in [0.2, 0.25) is 5.02 Å². The molecule has 0 atom stereocenters. The lowest BCUT2D eigenvalue weighted by atomic mass is 9.74. The van der Waals surface area contributed by atoms with Gasteiger partial charge in [-0.3, -0.25) is 14.9 Å². The Labute approximate surface area is 122 Å². The smallest absolute Gasteiger partial charge is 0.288 e. The van der Waals surface area contributed by atoms with Crippen LogP contribution in [0.5, 0.6) is 0 Å². The molecule has 0 fully saturated rings. The maximum absolute atomic E-state index is 12.2. The van der Waals surface area contributed by atoms with Gasteiger partial charge in [0.1, 0.15) is 5.02 Å². The van der Waals surface area contributed by atoms with E-state index in [0.717, 1.165) is 0 Å². The molecule has 3 N–H and O–H groups in total. The highest BCUT2D eigenvalue weighted by Crippen LogP contribution is 2.31. The third kappa shape index (κ3) is 3.26. The number of carbonyl (C=O) groups excluding carboxylic acids is 1. The summed E-state index contributed by atoms with van der Waals surface area (Å²) in [5, 5.41) is 13.3. The normalized spacial score (nSPS) is 12.1. The Balaban J connectivity index is 2.98. The number of carbonyl (C=O) groups is 1. The first-order valence-corrected chi connectivity index (χ1v) is 6.39. The molecule has 0 aliphatic carbocycles. The Morgan fingerprint density at radius 1 is 1.35 bits per heavy atom. The first-order valence-electron chi connectivity index (χ1n) is 6.01. The van der Waals surface area contributed by atoms with Gasteiger partial charge in [0.25, 0.3) is 5.69 Å². The second kappa shape index (κ2) is 5.38. The molecule has 0 unspecified atom stereocenters. The SMILES string of the molecule is CC(C)(N)C(C)(C)C(=O)Nc1ccc([N+](=O)[O-])c(Cl)c1. The quantitative estimate of drug-likeness (QED) is 0.659.